The third-order valence-electron chi connectivity index (χ3n) is 3.45. The van der Waals surface area contributed by atoms with Crippen LogP contribution >= 0.6 is 27.5 Å². The maximum absolute atomic E-state index is 11.7. The Labute approximate surface area is 136 Å². The normalized spacial score (nSPS) is 22.1. The van der Waals surface area contributed by atoms with Crippen LogP contribution in [0.5, 0.6) is 0 Å². The van der Waals surface area contributed by atoms with Crippen molar-refractivity contribution >= 4 is 43.3 Å². The summed E-state index contributed by atoms with van der Waals surface area (Å²) in [5.41, 5.74) is 0.953. The van der Waals surface area contributed by atoms with Crippen LogP contribution < -0.4 is 0 Å². The number of benzene rings is 1. The summed E-state index contributed by atoms with van der Waals surface area (Å²) < 4.78 is 24.2. The Balaban J connectivity index is 2.18. The maximum atomic E-state index is 11.7. The Bertz CT molecular complexity index is 650. The molecule has 0 radical (unpaired) electrons. The predicted octanol–water partition coefficient (Wildman–Crippen LogP) is 2.18. The molecule has 0 saturated carbocycles. The lowest BCUT2D eigenvalue weighted by atomic mass is 10.1. The van der Waals surface area contributed by atoms with Crippen molar-refractivity contribution < 1.29 is 18.3 Å². The van der Waals surface area contributed by atoms with Gasteiger partial charge in [-0.3, -0.25) is 9.69 Å². The van der Waals surface area contributed by atoms with E-state index in [9.17, 15) is 13.2 Å². The first-order chi connectivity index (χ1) is 9.77. The number of hydrogen-bond donors (Lipinski definition) is 1. The number of rotatable bonds is 4. The van der Waals surface area contributed by atoms with Gasteiger partial charge in [0.15, 0.2) is 9.84 Å². The highest BCUT2D eigenvalue weighted by Gasteiger charge is 2.32. The maximum Gasteiger partial charge on any atom is 0.304 e. The lowest BCUT2D eigenvalue weighted by Gasteiger charge is -2.34. The van der Waals surface area contributed by atoms with Crippen LogP contribution in [0.3, 0.4) is 0 Å². The van der Waals surface area contributed by atoms with E-state index in [1.54, 1.807) is 12.1 Å². The quantitative estimate of drug-likeness (QED) is 0.844. The topological polar surface area (TPSA) is 74.7 Å². The fraction of sp³-hybridized carbons (Fsp3) is 0.462. The van der Waals surface area contributed by atoms with Crippen molar-refractivity contribution in [3.8, 4) is 0 Å². The number of hydrogen-bond acceptors (Lipinski definition) is 4. The van der Waals surface area contributed by atoms with Gasteiger partial charge in [-0.1, -0.05) is 33.6 Å². The number of halogens is 2. The molecule has 1 aliphatic heterocycles. The summed E-state index contributed by atoms with van der Waals surface area (Å²) in [6.45, 7) is 0.834. The summed E-state index contributed by atoms with van der Waals surface area (Å²) in [5, 5.41) is 9.57. The first-order valence-electron chi connectivity index (χ1n) is 6.37. The molecule has 1 aromatic rings. The molecule has 0 aromatic heterocycles. The second-order valence-corrected chi connectivity index (χ2v) is 8.59. The molecule has 21 heavy (non-hydrogen) atoms. The van der Waals surface area contributed by atoms with Crippen LogP contribution in [0.1, 0.15) is 12.0 Å². The average molecular weight is 397 g/mol. The van der Waals surface area contributed by atoms with E-state index >= 15 is 0 Å². The SMILES string of the molecule is O=C(O)CC1CS(=O)(=O)CCN1Cc1ccc(Cl)cc1Br. The summed E-state index contributed by atoms with van der Waals surface area (Å²) in [4.78, 5) is 12.8. The molecule has 0 spiro atoms. The highest BCUT2D eigenvalue weighted by atomic mass is 79.9. The first kappa shape index (κ1) is 16.7. The third kappa shape index (κ3) is 4.67. The minimum absolute atomic E-state index is 0.0638. The number of sulfone groups is 1. The highest BCUT2D eigenvalue weighted by molar-refractivity contribution is 9.10. The molecular formula is C13H15BrClNO4S. The van der Waals surface area contributed by atoms with Gasteiger partial charge in [-0.05, 0) is 17.7 Å². The van der Waals surface area contributed by atoms with Crippen molar-refractivity contribution in [1.29, 1.82) is 0 Å². The van der Waals surface area contributed by atoms with Crippen LogP contribution in [0.25, 0.3) is 0 Å². The molecule has 0 amide bonds. The standard InChI is InChI=1S/C13H15BrClNO4S/c14-12-5-10(15)2-1-9(12)7-16-3-4-21(19,20)8-11(16)6-13(17)18/h1-2,5,11H,3-4,6-8H2,(H,17,18). The van der Waals surface area contributed by atoms with E-state index in [1.807, 2.05) is 11.0 Å². The molecule has 1 aliphatic rings. The van der Waals surface area contributed by atoms with Gasteiger partial charge in [0.05, 0.1) is 17.9 Å². The number of carbonyl (C=O) groups is 1. The lowest BCUT2D eigenvalue weighted by molar-refractivity contribution is -0.138. The monoisotopic (exact) mass is 395 g/mol. The zero-order valence-electron chi connectivity index (χ0n) is 11.1. The lowest BCUT2D eigenvalue weighted by Crippen LogP contribution is -2.48. The van der Waals surface area contributed by atoms with Gasteiger partial charge in [-0.25, -0.2) is 8.42 Å². The Morgan fingerprint density at radius 3 is 2.81 bits per heavy atom. The number of carboxylic acids is 1. The van der Waals surface area contributed by atoms with E-state index in [0.717, 1.165) is 10.0 Å². The van der Waals surface area contributed by atoms with Gasteiger partial charge in [0, 0.05) is 28.6 Å². The van der Waals surface area contributed by atoms with Gasteiger partial charge in [0.1, 0.15) is 0 Å². The Morgan fingerprint density at radius 1 is 1.48 bits per heavy atom. The predicted molar refractivity (Wildman–Crippen MR) is 84.3 cm³/mol. The molecule has 1 N–H and O–H groups in total. The Morgan fingerprint density at radius 2 is 2.19 bits per heavy atom. The van der Waals surface area contributed by atoms with E-state index in [0.29, 0.717) is 18.1 Å². The van der Waals surface area contributed by atoms with E-state index in [4.69, 9.17) is 16.7 Å². The fourth-order valence-electron chi connectivity index (χ4n) is 2.39. The molecule has 116 valence electrons. The third-order valence-corrected chi connectivity index (χ3v) is 6.12. The van der Waals surface area contributed by atoms with Gasteiger partial charge in [-0.2, -0.15) is 0 Å². The van der Waals surface area contributed by atoms with Gasteiger partial charge in [0.2, 0.25) is 0 Å². The zero-order chi connectivity index (χ0) is 15.6. The van der Waals surface area contributed by atoms with Crippen molar-refractivity contribution in [1.82, 2.24) is 4.90 Å². The van der Waals surface area contributed by atoms with Gasteiger partial charge in [0.25, 0.3) is 0 Å². The molecular weight excluding hydrogens is 382 g/mol. The van der Waals surface area contributed by atoms with Crippen molar-refractivity contribution in [3.05, 3.63) is 33.3 Å². The highest BCUT2D eigenvalue weighted by Crippen LogP contribution is 2.25. The van der Waals surface area contributed by atoms with E-state index in [-0.39, 0.29) is 17.9 Å². The van der Waals surface area contributed by atoms with Crippen LogP contribution in [-0.4, -0.2) is 48.5 Å². The minimum Gasteiger partial charge on any atom is -0.481 e. The molecule has 1 unspecified atom stereocenters. The van der Waals surface area contributed by atoms with E-state index in [2.05, 4.69) is 15.9 Å². The number of aliphatic carboxylic acids is 1. The second kappa shape index (κ2) is 6.64. The summed E-state index contributed by atoms with van der Waals surface area (Å²) in [6, 6.07) is 4.88. The van der Waals surface area contributed by atoms with Crippen molar-refractivity contribution in [2.75, 3.05) is 18.1 Å². The second-order valence-electron chi connectivity index (χ2n) is 5.07. The number of carboxylic acid groups (broad SMARTS) is 1. The molecule has 1 heterocycles. The summed E-state index contributed by atoms with van der Waals surface area (Å²) >= 11 is 9.32. The largest absolute Gasteiger partial charge is 0.481 e. The molecule has 0 aliphatic carbocycles. The van der Waals surface area contributed by atoms with Crippen LogP contribution in [0.4, 0.5) is 0 Å². The first-order valence-corrected chi connectivity index (χ1v) is 9.36. The van der Waals surface area contributed by atoms with Crippen molar-refractivity contribution in [2.24, 2.45) is 0 Å². The summed E-state index contributed by atoms with van der Waals surface area (Å²) in [5.74, 6) is -1.03. The summed E-state index contributed by atoms with van der Waals surface area (Å²) in [6.07, 6.45) is -0.176. The zero-order valence-corrected chi connectivity index (χ0v) is 14.3. The van der Waals surface area contributed by atoms with E-state index in [1.165, 1.54) is 0 Å². The minimum atomic E-state index is -3.16. The molecule has 8 heteroatoms. The van der Waals surface area contributed by atoms with Crippen molar-refractivity contribution in [3.63, 3.8) is 0 Å². The van der Waals surface area contributed by atoms with Gasteiger partial charge in [-0.15, -0.1) is 0 Å². The molecule has 1 atom stereocenters. The molecule has 5 nitrogen and oxygen atoms in total. The molecule has 0 bridgehead atoms. The molecule has 1 aromatic carbocycles. The average Bonchev–Trinajstić information content (AvgIpc) is 2.34. The smallest absolute Gasteiger partial charge is 0.304 e. The summed E-state index contributed by atoms with van der Waals surface area (Å²) in [7, 11) is -3.16. The molecule has 2 rings (SSSR count). The Hall–Kier alpha value is -0.630. The fourth-order valence-corrected chi connectivity index (χ4v) is 4.79. The van der Waals surface area contributed by atoms with E-state index < -0.39 is 21.8 Å². The van der Waals surface area contributed by atoms with Crippen LogP contribution in [-0.2, 0) is 21.2 Å². The van der Waals surface area contributed by atoms with Crippen molar-refractivity contribution in [2.45, 2.75) is 19.0 Å². The molecule has 1 saturated heterocycles. The number of nitrogens with zero attached hydrogens (tertiary/aromatic N) is 1. The van der Waals surface area contributed by atoms with Gasteiger partial charge >= 0.3 is 5.97 Å². The van der Waals surface area contributed by atoms with Gasteiger partial charge < -0.3 is 5.11 Å². The van der Waals surface area contributed by atoms with Crippen LogP contribution in [0.2, 0.25) is 5.02 Å². The molecule has 1 fully saturated rings. The van der Waals surface area contributed by atoms with Crippen LogP contribution in [0.15, 0.2) is 22.7 Å². The van der Waals surface area contributed by atoms with Crippen LogP contribution in [0, 0.1) is 0 Å². The Kier molecular flexibility index (Phi) is 5.29.